The van der Waals surface area contributed by atoms with Crippen LogP contribution in [-0.2, 0) is 34.5 Å². The fourth-order valence-corrected chi connectivity index (χ4v) is 11.7. The first-order valence-electron chi connectivity index (χ1n) is 27.3. The normalized spacial score (nSPS) is 19.5. The van der Waals surface area contributed by atoms with E-state index >= 15 is 0 Å². The molecule has 2 fully saturated rings. The Labute approximate surface area is 427 Å². The van der Waals surface area contributed by atoms with Crippen LogP contribution in [0, 0.1) is 24.7 Å². The van der Waals surface area contributed by atoms with Crippen molar-refractivity contribution < 1.29 is 10.2 Å². The van der Waals surface area contributed by atoms with Gasteiger partial charge in [0.05, 0.1) is 16.7 Å². The minimum Gasteiger partial charge on any atom is -0.507 e. The first kappa shape index (κ1) is 56.2. The lowest BCUT2D eigenvalue weighted by Gasteiger charge is -2.48. The number of fused-ring (bicyclic) bond motifs is 5. The zero-order chi connectivity index (χ0) is 52.1. The zero-order valence-corrected chi connectivity index (χ0v) is 47.4. The number of benzene rings is 5. The molecule has 5 aromatic carbocycles. The van der Waals surface area contributed by atoms with Gasteiger partial charge in [-0.2, -0.15) is 0 Å². The van der Waals surface area contributed by atoms with Crippen molar-refractivity contribution in [3.63, 3.8) is 0 Å². The SMILES string of the molecule is C=Cc1cc(C)cc(C2(C)CC3CC(C)CC(C3)C2)c1O.CC.CCCc1ccccc1C(C)CC.CCc1cc(C(C)(C)C)cc(-n2c3ccc(C(C)(C)C)cc3c3cc(C(C)(C)C)ccc32)c1O. The summed E-state index contributed by atoms with van der Waals surface area (Å²) in [5.41, 5.74) is 14.6. The van der Waals surface area contributed by atoms with Gasteiger partial charge in [-0.25, -0.2) is 0 Å². The number of aromatic hydroxyl groups is 2. The molecule has 8 rings (SSSR count). The highest BCUT2D eigenvalue weighted by atomic mass is 16.3. The summed E-state index contributed by atoms with van der Waals surface area (Å²) in [6.07, 6.45) is 12.9. The third-order valence-electron chi connectivity index (χ3n) is 15.6. The summed E-state index contributed by atoms with van der Waals surface area (Å²) in [5.74, 6) is 4.12. The maximum Gasteiger partial charge on any atom is 0.142 e. The van der Waals surface area contributed by atoms with Gasteiger partial charge in [0.25, 0.3) is 0 Å². The highest BCUT2D eigenvalue weighted by molar-refractivity contribution is 6.10. The molecule has 0 aliphatic heterocycles. The molecule has 6 aromatic rings. The number of nitrogens with zero attached hydrogens (tertiary/aromatic N) is 1. The Kier molecular flexibility index (Phi) is 18.3. The molecule has 2 aliphatic carbocycles. The van der Waals surface area contributed by atoms with Crippen LogP contribution in [0.2, 0.25) is 0 Å². The molecule has 1 aromatic heterocycles. The molecule has 380 valence electrons. The van der Waals surface area contributed by atoms with Crippen LogP contribution in [0.5, 0.6) is 11.5 Å². The Hall–Kier alpha value is -4.76. The first-order valence-corrected chi connectivity index (χ1v) is 27.3. The van der Waals surface area contributed by atoms with E-state index < -0.39 is 0 Å². The number of hydrogen-bond donors (Lipinski definition) is 2. The summed E-state index contributed by atoms with van der Waals surface area (Å²) in [5, 5.41) is 24.6. The third kappa shape index (κ3) is 12.6. The van der Waals surface area contributed by atoms with E-state index in [-0.39, 0.29) is 21.7 Å². The van der Waals surface area contributed by atoms with Gasteiger partial charge in [-0.1, -0.05) is 185 Å². The van der Waals surface area contributed by atoms with E-state index in [4.69, 9.17) is 0 Å². The molecule has 2 saturated carbocycles. The van der Waals surface area contributed by atoms with Crippen LogP contribution in [0.3, 0.4) is 0 Å². The molecule has 0 radical (unpaired) electrons. The zero-order valence-electron chi connectivity index (χ0n) is 47.4. The molecule has 3 atom stereocenters. The van der Waals surface area contributed by atoms with E-state index in [0.717, 1.165) is 57.6 Å². The molecular weight excluding hydrogens is 851 g/mol. The Bertz CT molecular complexity index is 2620. The van der Waals surface area contributed by atoms with Crippen LogP contribution in [0.4, 0.5) is 0 Å². The molecule has 2 aliphatic rings. The minimum atomic E-state index is -0.00998. The molecule has 3 heteroatoms. The fraction of sp³-hybridized carbons (Fsp3) is 0.522. The van der Waals surface area contributed by atoms with Gasteiger partial charge in [0.1, 0.15) is 11.5 Å². The molecule has 1 heterocycles. The van der Waals surface area contributed by atoms with Gasteiger partial charge in [-0.3, -0.25) is 0 Å². The number of rotatable bonds is 8. The summed E-state index contributed by atoms with van der Waals surface area (Å²) >= 11 is 0. The topological polar surface area (TPSA) is 45.4 Å². The lowest BCUT2D eigenvalue weighted by molar-refractivity contribution is 0.0886. The number of hydrogen-bond acceptors (Lipinski definition) is 2. The Morgan fingerprint density at radius 2 is 1.21 bits per heavy atom. The van der Waals surface area contributed by atoms with Crippen molar-refractivity contribution in [1.29, 1.82) is 0 Å². The molecular formula is C67H95NO2. The van der Waals surface area contributed by atoms with Crippen LogP contribution in [0.1, 0.15) is 219 Å². The Morgan fingerprint density at radius 1 is 0.686 bits per heavy atom. The van der Waals surface area contributed by atoms with E-state index in [1.54, 1.807) is 17.2 Å². The van der Waals surface area contributed by atoms with Gasteiger partial charge in [-0.05, 0) is 179 Å². The smallest absolute Gasteiger partial charge is 0.142 e. The van der Waals surface area contributed by atoms with Crippen LogP contribution >= 0.6 is 0 Å². The highest BCUT2D eigenvalue weighted by Crippen LogP contribution is 2.53. The Balaban J connectivity index is 0.000000215. The maximum absolute atomic E-state index is 11.4. The van der Waals surface area contributed by atoms with Crippen LogP contribution < -0.4 is 0 Å². The van der Waals surface area contributed by atoms with Gasteiger partial charge in [0.15, 0.2) is 0 Å². The molecule has 3 unspecified atom stereocenters. The van der Waals surface area contributed by atoms with Crippen molar-refractivity contribution >= 4 is 27.9 Å². The van der Waals surface area contributed by atoms with E-state index in [1.165, 1.54) is 84.4 Å². The second-order valence-corrected chi connectivity index (χ2v) is 24.6. The van der Waals surface area contributed by atoms with Crippen LogP contribution in [-0.4, -0.2) is 14.8 Å². The molecule has 2 bridgehead atoms. The van der Waals surface area contributed by atoms with Gasteiger partial charge in [-0.15, -0.1) is 0 Å². The average Bonchev–Trinajstić information content (AvgIpc) is 3.62. The third-order valence-corrected chi connectivity index (χ3v) is 15.6. The van der Waals surface area contributed by atoms with E-state index in [9.17, 15) is 10.2 Å². The highest BCUT2D eigenvalue weighted by Gasteiger charge is 2.43. The van der Waals surface area contributed by atoms with E-state index in [2.05, 4.69) is 201 Å². The minimum absolute atomic E-state index is 0.00998. The molecule has 0 saturated heterocycles. The van der Waals surface area contributed by atoms with Crippen molar-refractivity contribution in [2.75, 3.05) is 0 Å². The van der Waals surface area contributed by atoms with Crippen LogP contribution in [0.15, 0.2) is 91.5 Å². The number of phenols is 2. The molecule has 3 nitrogen and oxygen atoms in total. The summed E-state index contributed by atoms with van der Waals surface area (Å²) in [6, 6.07) is 31.1. The molecule has 2 N–H and O–H groups in total. The van der Waals surface area contributed by atoms with E-state index in [0.29, 0.717) is 17.4 Å². The number of phenolic OH excluding ortho intramolecular Hbond substituents is 2. The first-order chi connectivity index (χ1) is 32.8. The second-order valence-electron chi connectivity index (χ2n) is 24.6. The summed E-state index contributed by atoms with van der Waals surface area (Å²) in [6.45, 7) is 44.0. The van der Waals surface area contributed by atoms with Crippen molar-refractivity contribution in [3.8, 4) is 17.2 Å². The standard InChI is InChI=1S/C32H41NO.C20H28O.C13H20.C2H6/c1-11-20-16-23(32(8,9)10)19-28(29(20)34)33-26-14-12-21(30(2,3)4)17-24(26)25-18-22(31(5,6)7)13-15-27(25)33;1-5-17-8-14(3)9-18(19(17)21)20(4)11-15-6-13(2)7-16(10-15)12-20;1-4-8-12-9-6-7-10-13(12)11(3)5-2;1-2/h12-19,34H,11H2,1-10H3;5,8-9,13,15-16,21H,1,6-7,10-12H2,2-4H3;6-7,9-11H,4-5,8H2,1-3H3;1-2H3. The largest absolute Gasteiger partial charge is 0.507 e. The molecule has 0 amide bonds. The second kappa shape index (κ2) is 22.8. The average molecular weight is 947 g/mol. The van der Waals surface area contributed by atoms with Gasteiger partial charge < -0.3 is 14.8 Å². The van der Waals surface area contributed by atoms with Crippen molar-refractivity contribution in [1.82, 2.24) is 4.57 Å². The quantitative estimate of drug-likeness (QED) is 0.160. The van der Waals surface area contributed by atoms with E-state index in [1.807, 2.05) is 19.9 Å². The van der Waals surface area contributed by atoms with Gasteiger partial charge in [0, 0.05) is 21.9 Å². The Morgan fingerprint density at radius 3 is 1.69 bits per heavy atom. The van der Waals surface area contributed by atoms with Crippen LogP contribution in [0.25, 0.3) is 33.6 Å². The predicted molar refractivity (Wildman–Crippen MR) is 308 cm³/mol. The lowest BCUT2D eigenvalue weighted by atomic mass is 9.57. The van der Waals surface area contributed by atoms with Gasteiger partial charge >= 0.3 is 0 Å². The predicted octanol–water partition coefficient (Wildman–Crippen LogP) is 19.6. The number of aryl methyl sites for hydroxylation is 3. The monoisotopic (exact) mass is 946 g/mol. The summed E-state index contributed by atoms with van der Waals surface area (Å²) in [4.78, 5) is 0. The fourth-order valence-electron chi connectivity index (χ4n) is 11.7. The number of aromatic nitrogens is 1. The van der Waals surface area contributed by atoms with Crippen molar-refractivity contribution in [2.45, 2.75) is 210 Å². The molecule has 0 spiro atoms. The summed E-state index contributed by atoms with van der Waals surface area (Å²) < 4.78 is 2.27. The lowest BCUT2D eigenvalue weighted by Crippen LogP contribution is -2.38. The van der Waals surface area contributed by atoms with Crippen molar-refractivity contribution in [3.05, 3.63) is 142 Å². The van der Waals surface area contributed by atoms with Gasteiger partial charge in [0.2, 0.25) is 0 Å². The van der Waals surface area contributed by atoms with Crippen molar-refractivity contribution in [2.24, 2.45) is 17.8 Å². The maximum atomic E-state index is 11.4. The summed E-state index contributed by atoms with van der Waals surface area (Å²) in [7, 11) is 0. The molecule has 70 heavy (non-hydrogen) atoms.